The first kappa shape index (κ1) is 26.5. The van der Waals surface area contributed by atoms with Crippen LogP contribution in [-0.2, 0) is 0 Å². The van der Waals surface area contributed by atoms with E-state index in [0.29, 0.717) is 38.3 Å². The van der Waals surface area contributed by atoms with Gasteiger partial charge in [0.1, 0.15) is 5.82 Å². The van der Waals surface area contributed by atoms with Gasteiger partial charge in [0.2, 0.25) is 0 Å². The van der Waals surface area contributed by atoms with Crippen molar-refractivity contribution in [1.82, 2.24) is 15.3 Å². The number of nitrogens with one attached hydrogen (secondary N) is 2. The summed E-state index contributed by atoms with van der Waals surface area (Å²) in [6, 6.07) is 26.2. The van der Waals surface area contributed by atoms with Crippen LogP contribution in [0.15, 0.2) is 91.5 Å². The lowest BCUT2D eigenvalue weighted by Crippen LogP contribution is -2.19. The highest BCUT2D eigenvalue weighted by Gasteiger charge is 2.21. The minimum atomic E-state index is -1.06. The molecular weight excluding hydrogens is 529 g/mol. The summed E-state index contributed by atoms with van der Waals surface area (Å²) >= 11 is 12.9. The fourth-order valence-corrected chi connectivity index (χ4v) is 5.31. The standard InChI is InChI=1S/C32H27Cl2N3O2/c1-3-8-27(21-9-6-10-22(33)17-21)35-19(2)20-15-16-23(25(18-20)32(38)39)30-24(11-7-12-26(30)34)31-36-28-13-4-5-14-29(28)37-31/h4-7,9-18,27,35H,2-3,8H2,1H3,(H,36,37)(H,38,39). The van der Waals surface area contributed by atoms with E-state index in [1.54, 1.807) is 18.2 Å². The fraction of sp³-hybridized carbons (Fsp3) is 0.125. The van der Waals surface area contributed by atoms with Gasteiger partial charge in [0, 0.05) is 26.9 Å². The topological polar surface area (TPSA) is 78.0 Å². The molecule has 7 heteroatoms. The van der Waals surface area contributed by atoms with Gasteiger partial charge in [-0.25, -0.2) is 9.78 Å². The molecule has 39 heavy (non-hydrogen) atoms. The number of H-pyrrole nitrogens is 1. The Morgan fingerprint density at radius 1 is 1.00 bits per heavy atom. The van der Waals surface area contributed by atoms with Crippen molar-refractivity contribution in [1.29, 1.82) is 0 Å². The molecule has 5 rings (SSSR count). The molecule has 0 spiro atoms. The number of carboxylic acids is 1. The summed E-state index contributed by atoms with van der Waals surface area (Å²) in [5.41, 5.74) is 5.99. The van der Waals surface area contributed by atoms with Gasteiger partial charge in [0.15, 0.2) is 0 Å². The van der Waals surface area contributed by atoms with E-state index in [0.717, 1.165) is 35.0 Å². The van der Waals surface area contributed by atoms with Crippen molar-refractivity contribution in [3.8, 4) is 22.5 Å². The average Bonchev–Trinajstić information content (AvgIpc) is 3.36. The number of hydrogen-bond donors (Lipinski definition) is 3. The first-order chi connectivity index (χ1) is 18.9. The number of aromatic carboxylic acids is 1. The monoisotopic (exact) mass is 555 g/mol. The number of benzene rings is 4. The van der Waals surface area contributed by atoms with Crippen LogP contribution in [-0.4, -0.2) is 21.0 Å². The molecule has 1 aromatic heterocycles. The molecule has 0 amide bonds. The second-order valence-corrected chi connectivity index (χ2v) is 10.2. The fourth-order valence-electron chi connectivity index (χ4n) is 4.83. The zero-order valence-corrected chi connectivity index (χ0v) is 22.9. The number of aromatic amines is 1. The van der Waals surface area contributed by atoms with Crippen molar-refractivity contribution in [3.63, 3.8) is 0 Å². The molecule has 0 fully saturated rings. The summed E-state index contributed by atoms with van der Waals surface area (Å²) in [6.07, 6.45) is 1.82. The first-order valence-corrected chi connectivity index (χ1v) is 13.4. The van der Waals surface area contributed by atoms with E-state index in [2.05, 4.69) is 23.8 Å². The number of rotatable bonds is 9. The molecule has 0 radical (unpaired) electrons. The second-order valence-electron chi connectivity index (χ2n) is 9.35. The summed E-state index contributed by atoms with van der Waals surface area (Å²) < 4.78 is 0. The van der Waals surface area contributed by atoms with Crippen LogP contribution in [0, 0.1) is 0 Å². The largest absolute Gasteiger partial charge is 0.478 e. The Balaban J connectivity index is 1.54. The number of imidazole rings is 1. The molecule has 196 valence electrons. The van der Waals surface area contributed by atoms with Crippen molar-refractivity contribution >= 4 is 45.9 Å². The molecule has 1 atom stereocenters. The first-order valence-electron chi connectivity index (χ1n) is 12.7. The number of aromatic nitrogens is 2. The summed E-state index contributed by atoms with van der Waals surface area (Å²) in [5.74, 6) is -0.445. The summed E-state index contributed by atoms with van der Waals surface area (Å²) in [7, 11) is 0. The molecule has 0 aliphatic heterocycles. The summed E-state index contributed by atoms with van der Waals surface area (Å²) in [6.45, 7) is 6.34. The molecule has 5 aromatic rings. The molecule has 0 aliphatic rings. The third-order valence-electron chi connectivity index (χ3n) is 6.70. The van der Waals surface area contributed by atoms with E-state index in [1.807, 2.05) is 66.7 Å². The summed E-state index contributed by atoms with van der Waals surface area (Å²) in [4.78, 5) is 20.6. The lowest BCUT2D eigenvalue weighted by Gasteiger charge is -2.22. The molecular formula is C32H27Cl2N3O2. The minimum absolute atomic E-state index is 0.0163. The van der Waals surface area contributed by atoms with E-state index in [-0.39, 0.29) is 11.6 Å². The van der Waals surface area contributed by atoms with Crippen LogP contribution in [0.4, 0.5) is 0 Å². The number of fused-ring (bicyclic) bond motifs is 1. The van der Waals surface area contributed by atoms with Gasteiger partial charge in [-0.3, -0.25) is 0 Å². The smallest absolute Gasteiger partial charge is 0.336 e. The van der Waals surface area contributed by atoms with Crippen LogP contribution >= 0.6 is 23.2 Å². The summed E-state index contributed by atoms with van der Waals surface area (Å²) in [5, 5.41) is 14.8. The van der Waals surface area contributed by atoms with Crippen molar-refractivity contribution in [2.75, 3.05) is 0 Å². The molecule has 1 unspecified atom stereocenters. The molecule has 3 N–H and O–H groups in total. The average molecular weight is 556 g/mol. The zero-order chi connectivity index (χ0) is 27.5. The molecule has 4 aromatic carbocycles. The molecule has 0 aliphatic carbocycles. The van der Waals surface area contributed by atoms with Gasteiger partial charge in [-0.2, -0.15) is 0 Å². The van der Waals surface area contributed by atoms with Crippen LogP contribution in [0.3, 0.4) is 0 Å². The zero-order valence-electron chi connectivity index (χ0n) is 21.3. The molecule has 1 heterocycles. The number of nitrogens with zero attached hydrogens (tertiary/aromatic N) is 1. The SMILES string of the molecule is C=C(NC(CCC)c1cccc(Cl)c1)c1ccc(-c2c(Cl)cccc2-c2nc3ccccc3[nH]2)c(C(=O)O)c1. The Morgan fingerprint density at radius 3 is 2.54 bits per heavy atom. The van der Waals surface area contributed by atoms with Crippen LogP contribution in [0.2, 0.25) is 10.0 Å². The van der Waals surface area contributed by atoms with E-state index in [4.69, 9.17) is 28.2 Å². The lowest BCUT2D eigenvalue weighted by molar-refractivity contribution is 0.0697. The van der Waals surface area contributed by atoms with Gasteiger partial charge in [-0.05, 0) is 59.5 Å². The minimum Gasteiger partial charge on any atom is -0.478 e. The number of carboxylic acid groups (broad SMARTS) is 1. The normalized spacial score (nSPS) is 11.9. The Labute approximate surface area is 237 Å². The van der Waals surface area contributed by atoms with Gasteiger partial charge in [-0.1, -0.05) is 91.7 Å². The van der Waals surface area contributed by atoms with E-state index in [9.17, 15) is 9.90 Å². The molecule has 0 bridgehead atoms. The number of carbonyl (C=O) groups is 1. The van der Waals surface area contributed by atoms with Crippen molar-refractivity contribution in [2.45, 2.75) is 25.8 Å². The van der Waals surface area contributed by atoms with Gasteiger partial charge in [-0.15, -0.1) is 0 Å². The maximum atomic E-state index is 12.5. The Hall–Kier alpha value is -4.06. The third-order valence-corrected chi connectivity index (χ3v) is 7.25. The Kier molecular flexibility index (Phi) is 7.73. The van der Waals surface area contributed by atoms with E-state index in [1.165, 1.54) is 0 Å². The van der Waals surface area contributed by atoms with Gasteiger partial charge in [0.25, 0.3) is 0 Å². The van der Waals surface area contributed by atoms with Gasteiger partial charge >= 0.3 is 5.97 Å². The Morgan fingerprint density at radius 2 is 1.79 bits per heavy atom. The molecule has 0 saturated heterocycles. The second kappa shape index (κ2) is 11.4. The highest BCUT2D eigenvalue weighted by molar-refractivity contribution is 6.34. The van der Waals surface area contributed by atoms with Gasteiger partial charge in [0.05, 0.1) is 22.6 Å². The highest BCUT2D eigenvalue weighted by atomic mass is 35.5. The molecule has 0 saturated carbocycles. The number of halogens is 2. The van der Waals surface area contributed by atoms with Crippen molar-refractivity contribution in [2.24, 2.45) is 0 Å². The van der Waals surface area contributed by atoms with E-state index >= 15 is 0 Å². The van der Waals surface area contributed by atoms with Crippen LogP contribution in [0.25, 0.3) is 39.2 Å². The van der Waals surface area contributed by atoms with Crippen molar-refractivity contribution in [3.05, 3.63) is 118 Å². The predicted molar refractivity (Wildman–Crippen MR) is 160 cm³/mol. The maximum Gasteiger partial charge on any atom is 0.336 e. The maximum absolute atomic E-state index is 12.5. The number of para-hydroxylation sites is 2. The quantitative estimate of drug-likeness (QED) is 0.169. The van der Waals surface area contributed by atoms with E-state index < -0.39 is 5.97 Å². The van der Waals surface area contributed by atoms with Gasteiger partial charge < -0.3 is 15.4 Å². The van der Waals surface area contributed by atoms with Crippen LogP contribution < -0.4 is 5.32 Å². The highest BCUT2D eigenvalue weighted by Crippen LogP contribution is 2.39. The third kappa shape index (κ3) is 5.56. The Bertz CT molecular complexity index is 1660. The molecule has 5 nitrogen and oxygen atoms in total. The van der Waals surface area contributed by atoms with Crippen molar-refractivity contribution < 1.29 is 9.90 Å². The number of hydrogen-bond acceptors (Lipinski definition) is 3. The lowest BCUT2D eigenvalue weighted by atomic mass is 9.92. The predicted octanol–water partition coefficient (Wildman–Crippen LogP) is 9.00. The van der Waals surface area contributed by atoms with Crippen LogP contribution in [0.1, 0.15) is 47.3 Å². The van der Waals surface area contributed by atoms with Crippen LogP contribution in [0.5, 0.6) is 0 Å².